The number of nitrogens with one attached hydrogen (secondary N) is 1. The van der Waals surface area contributed by atoms with Gasteiger partial charge in [-0.05, 0) is 42.4 Å². The molecule has 0 fully saturated rings. The van der Waals surface area contributed by atoms with E-state index in [0.717, 1.165) is 25.3 Å². The van der Waals surface area contributed by atoms with Crippen LogP contribution in [0.2, 0.25) is 0 Å². The molecule has 0 aliphatic carbocycles. The van der Waals surface area contributed by atoms with Gasteiger partial charge in [0.15, 0.2) is 0 Å². The van der Waals surface area contributed by atoms with E-state index in [-0.39, 0.29) is 5.91 Å². The first-order valence-corrected chi connectivity index (χ1v) is 9.48. The lowest BCUT2D eigenvalue weighted by Crippen LogP contribution is -2.25. The summed E-state index contributed by atoms with van der Waals surface area (Å²) in [6, 6.07) is 0. The molecule has 1 amide bonds. The van der Waals surface area contributed by atoms with E-state index in [0.29, 0.717) is 18.9 Å². The van der Waals surface area contributed by atoms with Crippen LogP contribution in [-0.2, 0) is 9.59 Å². The number of hydrogen-bond acceptors (Lipinski definition) is 2. The number of amides is 1. The maximum absolute atomic E-state index is 11.2. The summed E-state index contributed by atoms with van der Waals surface area (Å²) in [5.41, 5.74) is 0. The van der Waals surface area contributed by atoms with Crippen molar-refractivity contribution in [1.29, 1.82) is 0 Å². The van der Waals surface area contributed by atoms with E-state index in [2.05, 4.69) is 54.7 Å². The molecule has 0 aromatic rings. The number of allylic oxidation sites excluding steroid dienone is 6. The third-order valence-electron chi connectivity index (χ3n) is 2.86. The molecule has 0 aromatic carbocycles. The number of aliphatic carboxylic acids is 1. The Kier molecular flexibility index (Phi) is 21.9. The first kappa shape index (κ1) is 28.4. The van der Waals surface area contributed by atoms with Crippen LogP contribution in [0.3, 0.4) is 0 Å². The van der Waals surface area contributed by atoms with E-state index in [1.807, 2.05) is 18.2 Å². The predicted molar refractivity (Wildman–Crippen MR) is 124 cm³/mol. The van der Waals surface area contributed by atoms with Crippen molar-refractivity contribution in [1.82, 2.24) is 5.32 Å². The molecule has 2 N–H and O–H groups in total. The molecule has 156 valence electrons. The first-order chi connectivity index (χ1) is 14.4. The minimum absolute atomic E-state index is 0.0597. The molecule has 0 bridgehead atoms. The van der Waals surface area contributed by atoms with Crippen molar-refractivity contribution in [2.45, 2.75) is 39.5 Å². The highest BCUT2D eigenvalue weighted by molar-refractivity contribution is 5.87. The Morgan fingerprint density at radius 3 is 1.83 bits per heavy atom. The van der Waals surface area contributed by atoms with Gasteiger partial charge < -0.3 is 10.4 Å². The Bertz CT molecular complexity index is 820. The highest BCUT2D eigenvalue weighted by Gasteiger charge is 1.95. The van der Waals surface area contributed by atoms with Gasteiger partial charge in [0, 0.05) is 31.5 Å². The molecule has 0 saturated heterocycles. The van der Waals surface area contributed by atoms with Crippen molar-refractivity contribution in [2.24, 2.45) is 5.92 Å². The maximum atomic E-state index is 11.2. The summed E-state index contributed by atoms with van der Waals surface area (Å²) in [6.07, 6.45) is 26.0. The van der Waals surface area contributed by atoms with Gasteiger partial charge in [0.05, 0.1) is 0 Å². The van der Waals surface area contributed by atoms with Gasteiger partial charge in [0.2, 0.25) is 5.91 Å². The standard InChI is InChI=1S/C15H19NO.C11H10O2/c1-4-5-6-7-8-9-10-11-12-15(17)16-13-14(2)3;1-2-3-4-5-6-7-8-9-10-11(12)13/h1,9-12,14H,7-8,13H2,2-3H3,(H,16,17);1,7-10H,5-6H2,(H,12,13)/b10-9+,12-11+;8-7+,10-9+. The normalized spacial score (nSPS) is 9.90. The maximum Gasteiger partial charge on any atom is 0.328 e. The number of hydrogen-bond donors (Lipinski definition) is 2. The summed E-state index contributed by atoms with van der Waals surface area (Å²) in [5.74, 6) is 14.5. The van der Waals surface area contributed by atoms with Crippen molar-refractivity contribution < 1.29 is 14.7 Å². The third kappa shape index (κ3) is 28.9. The Labute approximate surface area is 181 Å². The van der Waals surface area contributed by atoms with Crippen LogP contribution >= 0.6 is 0 Å². The van der Waals surface area contributed by atoms with Crippen molar-refractivity contribution in [3.63, 3.8) is 0 Å². The van der Waals surface area contributed by atoms with Gasteiger partial charge in [0.1, 0.15) is 0 Å². The number of carboxylic acids is 1. The summed E-state index contributed by atoms with van der Waals surface area (Å²) in [7, 11) is 0. The summed E-state index contributed by atoms with van der Waals surface area (Å²) in [4.78, 5) is 21.3. The van der Waals surface area contributed by atoms with Crippen molar-refractivity contribution in [2.75, 3.05) is 6.54 Å². The van der Waals surface area contributed by atoms with Crippen molar-refractivity contribution in [3.05, 3.63) is 48.6 Å². The van der Waals surface area contributed by atoms with Crippen LogP contribution < -0.4 is 5.32 Å². The van der Waals surface area contributed by atoms with E-state index in [9.17, 15) is 9.59 Å². The zero-order valence-electron chi connectivity index (χ0n) is 17.7. The van der Waals surface area contributed by atoms with Crippen LogP contribution in [0.5, 0.6) is 0 Å². The zero-order valence-corrected chi connectivity index (χ0v) is 17.7. The number of rotatable bonds is 10. The predicted octanol–water partition coefficient (Wildman–Crippen LogP) is 3.89. The second-order valence-electron chi connectivity index (χ2n) is 6.02. The Balaban J connectivity index is 0. The van der Waals surface area contributed by atoms with Gasteiger partial charge >= 0.3 is 5.97 Å². The molecule has 0 atom stereocenters. The average molecular weight is 404 g/mol. The summed E-state index contributed by atoms with van der Waals surface area (Å²) < 4.78 is 0. The SMILES string of the molecule is C#CC#CCC/C=C/C=C/C(=O)NCC(C)C.C#CC#CCC/C=C/C=C/C(=O)O. The smallest absolute Gasteiger partial charge is 0.328 e. The fourth-order valence-electron chi connectivity index (χ4n) is 1.53. The molecule has 0 unspecified atom stereocenters. The Morgan fingerprint density at radius 1 is 0.900 bits per heavy atom. The van der Waals surface area contributed by atoms with Gasteiger partial charge in [-0.2, -0.15) is 0 Å². The number of carbonyl (C=O) groups is 2. The van der Waals surface area contributed by atoms with Crippen LogP contribution in [0.15, 0.2) is 48.6 Å². The number of carboxylic acid groups (broad SMARTS) is 1. The van der Waals surface area contributed by atoms with Gasteiger partial charge in [-0.25, -0.2) is 4.79 Å². The molecule has 4 heteroatoms. The Morgan fingerprint density at radius 2 is 1.40 bits per heavy atom. The van der Waals surface area contributed by atoms with Gasteiger partial charge in [-0.3, -0.25) is 4.79 Å². The molecule has 0 aliphatic rings. The molecular formula is C26H29NO3. The van der Waals surface area contributed by atoms with E-state index in [4.69, 9.17) is 18.0 Å². The molecule has 30 heavy (non-hydrogen) atoms. The lowest BCUT2D eigenvalue weighted by molar-refractivity contribution is -0.131. The van der Waals surface area contributed by atoms with Crippen LogP contribution in [0, 0.1) is 54.3 Å². The van der Waals surface area contributed by atoms with Crippen LogP contribution in [0.25, 0.3) is 0 Å². The number of carbonyl (C=O) groups excluding carboxylic acids is 1. The lowest BCUT2D eigenvalue weighted by atomic mass is 10.2. The van der Waals surface area contributed by atoms with Crippen LogP contribution in [-0.4, -0.2) is 23.5 Å². The molecule has 0 saturated carbocycles. The topological polar surface area (TPSA) is 66.4 Å². The highest BCUT2D eigenvalue weighted by Crippen LogP contribution is 1.91. The number of terminal acetylenes is 2. The van der Waals surface area contributed by atoms with Gasteiger partial charge in [0.25, 0.3) is 0 Å². The van der Waals surface area contributed by atoms with Crippen LogP contribution in [0.1, 0.15) is 39.5 Å². The second-order valence-corrected chi connectivity index (χ2v) is 6.02. The van der Waals surface area contributed by atoms with E-state index < -0.39 is 5.97 Å². The monoisotopic (exact) mass is 403 g/mol. The second kappa shape index (κ2) is 23.2. The summed E-state index contributed by atoms with van der Waals surface area (Å²) >= 11 is 0. The molecule has 0 aromatic heterocycles. The summed E-state index contributed by atoms with van der Waals surface area (Å²) in [6.45, 7) is 4.82. The Hall–Kier alpha value is -3.86. The van der Waals surface area contributed by atoms with Gasteiger partial charge in [-0.15, -0.1) is 12.8 Å². The average Bonchev–Trinajstić information content (AvgIpc) is 2.70. The lowest BCUT2D eigenvalue weighted by Gasteiger charge is -2.03. The quantitative estimate of drug-likeness (QED) is 0.252. The van der Waals surface area contributed by atoms with Crippen LogP contribution in [0.4, 0.5) is 0 Å². The molecule has 0 radical (unpaired) electrons. The van der Waals surface area contributed by atoms with E-state index in [1.54, 1.807) is 12.2 Å². The molecule has 0 heterocycles. The number of unbranched alkanes of at least 4 members (excludes halogenated alkanes) is 2. The fraction of sp³-hybridized carbons (Fsp3) is 0.308. The zero-order chi connectivity index (χ0) is 22.9. The first-order valence-electron chi connectivity index (χ1n) is 9.48. The van der Waals surface area contributed by atoms with Crippen molar-refractivity contribution >= 4 is 11.9 Å². The summed E-state index contributed by atoms with van der Waals surface area (Å²) in [5, 5.41) is 11.0. The molecule has 0 spiro atoms. The van der Waals surface area contributed by atoms with Gasteiger partial charge in [-0.1, -0.05) is 62.1 Å². The molecular weight excluding hydrogens is 374 g/mol. The highest BCUT2D eigenvalue weighted by atomic mass is 16.4. The minimum Gasteiger partial charge on any atom is -0.478 e. The van der Waals surface area contributed by atoms with Crippen molar-refractivity contribution in [3.8, 4) is 48.4 Å². The molecule has 0 aliphatic heterocycles. The third-order valence-corrected chi connectivity index (χ3v) is 2.86. The largest absolute Gasteiger partial charge is 0.478 e. The van der Waals surface area contributed by atoms with E-state index >= 15 is 0 Å². The minimum atomic E-state index is -0.947. The fourth-order valence-corrected chi connectivity index (χ4v) is 1.53. The molecule has 4 nitrogen and oxygen atoms in total. The molecule has 0 rings (SSSR count). The van der Waals surface area contributed by atoms with E-state index in [1.165, 1.54) is 12.2 Å².